The number of fused-ring (bicyclic) bond motifs is 1. The Balaban J connectivity index is 1.38. The van der Waals surface area contributed by atoms with Gasteiger partial charge in [-0.05, 0) is 25.0 Å². The van der Waals surface area contributed by atoms with Crippen molar-refractivity contribution < 1.29 is 14.0 Å². The van der Waals surface area contributed by atoms with Crippen molar-refractivity contribution in [2.45, 2.75) is 25.2 Å². The number of carbonyl (C=O) groups is 2. The molecule has 2 aliphatic heterocycles. The van der Waals surface area contributed by atoms with Crippen LogP contribution in [0, 0.1) is 0 Å². The van der Waals surface area contributed by atoms with Gasteiger partial charge in [0.05, 0.1) is 5.92 Å². The van der Waals surface area contributed by atoms with Crippen LogP contribution in [0.5, 0.6) is 0 Å². The summed E-state index contributed by atoms with van der Waals surface area (Å²) in [6, 6.07) is 7.75. The molecule has 0 N–H and O–H groups in total. The third kappa shape index (κ3) is 3.51. The molecule has 2 saturated heterocycles. The van der Waals surface area contributed by atoms with Gasteiger partial charge in [0.25, 0.3) is 5.24 Å². The second-order valence-corrected chi connectivity index (χ2v) is 7.60. The van der Waals surface area contributed by atoms with Crippen LogP contribution in [0.1, 0.15) is 31.1 Å². The number of oxazole rings is 1. The van der Waals surface area contributed by atoms with E-state index in [2.05, 4.69) is 4.98 Å². The minimum atomic E-state index is 0.0933. The van der Waals surface area contributed by atoms with Gasteiger partial charge in [0.2, 0.25) is 5.91 Å². The molecule has 4 rings (SSSR count). The highest BCUT2D eigenvalue weighted by Crippen LogP contribution is 2.29. The van der Waals surface area contributed by atoms with Crippen molar-refractivity contribution in [3.8, 4) is 0 Å². The van der Waals surface area contributed by atoms with Gasteiger partial charge in [0.15, 0.2) is 11.5 Å². The molecule has 2 aromatic rings. The highest BCUT2D eigenvalue weighted by Gasteiger charge is 2.29. The lowest BCUT2D eigenvalue weighted by molar-refractivity contribution is -0.132. The van der Waals surface area contributed by atoms with Crippen molar-refractivity contribution in [3.05, 3.63) is 30.2 Å². The Morgan fingerprint density at radius 2 is 2.20 bits per heavy atom. The molecule has 2 amide bonds. The van der Waals surface area contributed by atoms with Gasteiger partial charge in [0.1, 0.15) is 5.52 Å². The maximum absolute atomic E-state index is 12.5. The Morgan fingerprint density at radius 1 is 1.32 bits per heavy atom. The first kappa shape index (κ1) is 16.4. The molecule has 2 fully saturated rings. The predicted molar refractivity (Wildman–Crippen MR) is 96.6 cm³/mol. The van der Waals surface area contributed by atoms with Gasteiger partial charge in [-0.1, -0.05) is 23.9 Å². The molecule has 0 radical (unpaired) electrons. The Kier molecular flexibility index (Phi) is 4.65. The number of rotatable bonds is 4. The number of thioether (sulfide) groups is 1. The molecule has 6 nitrogen and oxygen atoms in total. The minimum Gasteiger partial charge on any atom is -0.440 e. The summed E-state index contributed by atoms with van der Waals surface area (Å²) in [6.45, 7) is 2.70. The average Bonchev–Trinajstić information content (AvgIpc) is 3.25. The quantitative estimate of drug-likeness (QED) is 0.839. The summed E-state index contributed by atoms with van der Waals surface area (Å²) < 4.78 is 5.89. The van der Waals surface area contributed by atoms with Gasteiger partial charge in [0, 0.05) is 38.4 Å². The number of carbonyl (C=O) groups excluding carboxylic acids is 2. The van der Waals surface area contributed by atoms with Gasteiger partial charge in [-0.2, -0.15) is 0 Å². The Morgan fingerprint density at radius 3 is 3.00 bits per heavy atom. The maximum Gasteiger partial charge on any atom is 0.281 e. The van der Waals surface area contributed by atoms with E-state index >= 15 is 0 Å². The molecule has 0 saturated carbocycles. The van der Waals surface area contributed by atoms with Crippen LogP contribution in [0.4, 0.5) is 4.79 Å². The van der Waals surface area contributed by atoms with Gasteiger partial charge < -0.3 is 14.2 Å². The fourth-order valence-electron chi connectivity index (χ4n) is 3.49. The Hall–Kier alpha value is -2.02. The van der Waals surface area contributed by atoms with Crippen molar-refractivity contribution in [1.29, 1.82) is 0 Å². The molecule has 0 bridgehead atoms. The highest BCUT2D eigenvalue weighted by molar-refractivity contribution is 8.13. The van der Waals surface area contributed by atoms with E-state index < -0.39 is 0 Å². The Bertz CT molecular complexity index is 758. The second-order valence-electron chi connectivity index (χ2n) is 6.55. The first-order valence-corrected chi connectivity index (χ1v) is 9.74. The van der Waals surface area contributed by atoms with E-state index in [1.807, 2.05) is 29.2 Å². The summed E-state index contributed by atoms with van der Waals surface area (Å²) in [7, 11) is 0. The number of hydrogen-bond acceptors (Lipinski definition) is 5. The van der Waals surface area contributed by atoms with E-state index in [1.54, 1.807) is 4.90 Å². The number of likely N-dealkylation sites (tertiary alicyclic amines) is 1. The van der Waals surface area contributed by atoms with E-state index in [4.69, 9.17) is 4.42 Å². The third-order valence-electron chi connectivity index (χ3n) is 4.87. The molecule has 2 aliphatic rings. The van der Waals surface area contributed by atoms with Crippen molar-refractivity contribution >= 4 is 34.0 Å². The lowest BCUT2D eigenvalue weighted by atomic mass is 9.97. The molecule has 132 valence electrons. The zero-order valence-corrected chi connectivity index (χ0v) is 14.8. The summed E-state index contributed by atoms with van der Waals surface area (Å²) in [6.07, 6.45) is 2.33. The molecule has 25 heavy (non-hydrogen) atoms. The smallest absolute Gasteiger partial charge is 0.281 e. The molecule has 7 heteroatoms. The predicted octanol–water partition coefficient (Wildman–Crippen LogP) is 3.09. The largest absolute Gasteiger partial charge is 0.440 e. The fourth-order valence-corrected chi connectivity index (χ4v) is 4.34. The van der Waals surface area contributed by atoms with Gasteiger partial charge >= 0.3 is 0 Å². The first-order valence-electron chi connectivity index (χ1n) is 8.75. The topological polar surface area (TPSA) is 66.7 Å². The van der Waals surface area contributed by atoms with Crippen molar-refractivity contribution in [1.82, 2.24) is 14.8 Å². The molecule has 0 spiro atoms. The molecule has 0 aliphatic carbocycles. The number of benzene rings is 1. The zero-order valence-electron chi connectivity index (χ0n) is 14.0. The molecule has 1 atom stereocenters. The van der Waals surface area contributed by atoms with Crippen LogP contribution >= 0.6 is 11.8 Å². The first-order chi connectivity index (χ1) is 12.2. The highest BCUT2D eigenvalue weighted by atomic mass is 32.2. The number of piperidine rings is 1. The van der Waals surface area contributed by atoms with E-state index in [0.29, 0.717) is 19.5 Å². The summed E-state index contributed by atoms with van der Waals surface area (Å²) in [5.41, 5.74) is 1.66. The van der Waals surface area contributed by atoms with Gasteiger partial charge in [-0.3, -0.25) is 9.59 Å². The molecule has 0 unspecified atom stereocenters. The minimum absolute atomic E-state index is 0.0933. The monoisotopic (exact) mass is 359 g/mol. The zero-order chi connectivity index (χ0) is 17.2. The number of amides is 2. The summed E-state index contributed by atoms with van der Waals surface area (Å²) >= 11 is 1.33. The van der Waals surface area contributed by atoms with Crippen molar-refractivity contribution in [2.24, 2.45) is 0 Å². The van der Waals surface area contributed by atoms with Gasteiger partial charge in [-0.15, -0.1) is 0 Å². The average molecular weight is 359 g/mol. The molecule has 1 aromatic carbocycles. The van der Waals surface area contributed by atoms with Crippen LogP contribution in [-0.4, -0.2) is 57.9 Å². The van der Waals surface area contributed by atoms with E-state index in [-0.39, 0.29) is 17.1 Å². The summed E-state index contributed by atoms with van der Waals surface area (Å²) in [5.74, 6) is 1.82. The number of nitrogens with zero attached hydrogens (tertiary/aromatic N) is 3. The number of para-hydroxylation sites is 2. The Labute approximate surface area is 150 Å². The second kappa shape index (κ2) is 7.07. The van der Waals surface area contributed by atoms with Crippen LogP contribution in [0.2, 0.25) is 0 Å². The van der Waals surface area contributed by atoms with E-state index in [9.17, 15) is 9.59 Å². The van der Waals surface area contributed by atoms with Crippen LogP contribution in [0.15, 0.2) is 28.7 Å². The van der Waals surface area contributed by atoms with E-state index in [1.165, 1.54) is 11.8 Å². The standard InChI is InChI=1S/C18H21N3O3S/c22-16(7-9-20-10-11-25-18(20)23)21-8-3-4-13(12-21)17-19-14-5-1-2-6-15(14)24-17/h1-2,5-6,13H,3-4,7-12H2/t13-/m1/s1. The van der Waals surface area contributed by atoms with Crippen LogP contribution in [0.25, 0.3) is 11.1 Å². The fraction of sp³-hybridized carbons (Fsp3) is 0.500. The lowest BCUT2D eigenvalue weighted by Gasteiger charge is -2.31. The van der Waals surface area contributed by atoms with Crippen LogP contribution in [0.3, 0.4) is 0 Å². The number of hydrogen-bond donors (Lipinski definition) is 0. The number of aromatic nitrogens is 1. The third-order valence-corrected chi connectivity index (χ3v) is 5.77. The van der Waals surface area contributed by atoms with Crippen LogP contribution in [-0.2, 0) is 4.79 Å². The van der Waals surface area contributed by atoms with Crippen molar-refractivity contribution in [2.75, 3.05) is 31.9 Å². The maximum atomic E-state index is 12.5. The van der Waals surface area contributed by atoms with Gasteiger partial charge in [-0.25, -0.2) is 4.98 Å². The summed E-state index contributed by atoms with van der Waals surface area (Å²) in [4.78, 5) is 32.4. The molecule has 3 heterocycles. The van der Waals surface area contributed by atoms with Crippen molar-refractivity contribution in [3.63, 3.8) is 0 Å². The van der Waals surface area contributed by atoms with Crippen LogP contribution < -0.4 is 0 Å². The molecular formula is C18H21N3O3S. The molecular weight excluding hydrogens is 338 g/mol. The lowest BCUT2D eigenvalue weighted by Crippen LogP contribution is -2.40. The molecule has 1 aromatic heterocycles. The van der Waals surface area contributed by atoms with E-state index in [0.717, 1.165) is 48.7 Å². The normalized spacial score (nSPS) is 21.3. The SMILES string of the molecule is O=C(CCN1CCSC1=O)N1CCC[C@@H](c2nc3ccccc3o2)C1. The summed E-state index contributed by atoms with van der Waals surface area (Å²) in [5, 5.41) is 0.0933.